The largest absolute Gasteiger partial charge is 0.368 e. The fraction of sp³-hybridized carbons (Fsp3) is 0.467. The van der Waals surface area contributed by atoms with E-state index >= 15 is 0 Å². The fourth-order valence-corrected chi connectivity index (χ4v) is 2.65. The van der Waals surface area contributed by atoms with Crippen LogP contribution in [0.3, 0.4) is 0 Å². The first-order valence-corrected chi connectivity index (χ1v) is 7.71. The van der Waals surface area contributed by atoms with Crippen molar-refractivity contribution in [1.82, 2.24) is 19.9 Å². The number of aromatic nitrogens is 4. The van der Waals surface area contributed by atoms with E-state index in [1.54, 1.807) is 0 Å². The third kappa shape index (κ3) is 2.54. The Labute approximate surface area is 129 Å². The normalized spacial score (nSPS) is 16.7. The number of nitrogens with two attached hydrogens (primary N) is 1. The second-order valence-electron chi connectivity index (χ2n) is 5.86. The van der Waals surface area contributed by atoms with Crippen molar-refractivity contribution in [1.29, 1.82) is 0 Å². The maximum atomic E-state index is 5.86. The first-order valence-electron chi connectivity index (χ1n) is 7.71. The molecule has 2 aliphatic rings. The average Bonchev–Trinajstić information content (AvgIpc) is 3.21. The highest BCUT2D eigenvalue weighted by Gasteiger charge is 2.25. The number of aryl methyl sites for hydroxylation is 1. The van der Waals surface area contributed by atoms with E-state index in [0.717, 1.165) is 48.2 Å². The van der Waals surface area contributed by atoms with Gasteiger partial charge in [0.05, 0.1) is 12.2 Å². The molecule has 0 atom stereocenters. The molecule has 3 heterocycles. The average molecular weight is 297 g/mol. The Morgan fingerprint density at radius 1 is 1.27 bits per heavy atom. The van der Waals surface area contributed by atoms with Gasteiger partial charge in [0.2, 0.25) is 5.95 Å². The fourth-order valence-electron chi connectivity index (χ4n) is 2.65. The second-order valence-corrected chi connectivity index (χ2v) is 5.86. The van der Waals surface area contributed by atoms with Crippen LogP contribution in [0.4, 0.5) is 17.6 Å². The highest BCUT2D eigenvalue weighted by Crippen LogP contribution is 2.29. The second kappa shape index (κ2) is 5.08. The van der Waals surface area contributed by atoms with Gasteiger partial charge in [-0.1, -0.05) is 6.92 Å². The van der Waals surface area contributed by atoms with Crippen molar-refractivity contribution in [2.45, 2.75) is 45.3 Å². The molecule has 0 unspecified atom stereocenters. The minimum atomic E-state index is 0.303. The van der Waals surface area contributed by atoms with Gasteiger partial charge in [0.25, 0.3) is 0 Å². The number of hydrogen-bond donors (Lipinski definition) is 2. The van der Waals surface area contributed by atoms with Crippen molar-refractivity contribution in [3.8, 4) is 0 Å². The van der Waals surface area contributed by atoms with Crippen molar-refractivity contribution in [2.24, 2.45) is 0 Å². The van der Waals surface area contributed by atoms with Crippen LogP contribution in [0.1, 0.15) is 36.8 Å². The van der Waals surface area contributed by atoms with Crippen LogP contribution in [0.5, 0.6) is 0 Å². The zero-order valence-corrected chi connectivity index (χ0v) is 12.6. The van der Waals surface area contributed by atoms with E-state index in [0.29, 0.717) is 12.0 Å². The summed E-state index contributed by atoms with van der Waals surface area (Å²) >= 11 is 0. The Bertz CT molecular complexity index is 711. The first kappa shape index (κ1) is 13.2. The predicted octanol–water partition coefficient (Wildman–Crippen LogP) is 1.51. The summed E-state index contributed by atoms with van der Waals surface area (Å²) in [5.74, 6) is 2.84. The smallest absolute Gasteiger partial charge is 0.223 e. The molecule has 3 N–H and O–H groups in total. The molecule has 4 rings (SSSR count). The van der Waals surface area contributed by atoms with Gasteiger partial charge in [-0.2, -0.15) is 9.97 Å². The van der Waals surface area contributed by atoms with Gasteiger partial charge in [-0.3, -0.25) is 0 Å². The lowest BCUT2D eigenvalue weighted by Crippen LogP contribution is -2.18. The molecule has 0 saturated heterocycles. The summed E-state index contributed by atoms with van der Waals surface area (Å²) in [5, 5.41) is 3.37. The Balaban J connectivity index is 1.59. The number of nitrogen functional groups attached to an aromatic ring is 1. The third-order valence-corrected chi connectivity index (χ3v) is 4.01. The highest BCUT2D eigenvalue weighted by molar-refractivity contribution is 5.55. The molecule has 0 radical (unpaired) electrons. The molecule has 2 aromatic heterocycles. The lowest BCUT2D eigenvalue weighted by Gasteiger charge is -2.17. The summed E-state index contributed by atoms with van der Waals surface area (Å²) in [4.78, 5) is 19.8. The molecule has 7 heteroatoms. The van der Waals surface area contributed by atoms with Gasteiger partial charge in [-0.05, 0) is 12.8 Å². The summed E-state index contributed by atoms with van der Waals surface area (Å²) in [6, 6.07) is 2.50. The van der Waals surface area contributed by atoms with E-state index in [9.17, 15) is 0 Å². The van der Waals surface area contributed by atoms with Crippen LogP contribution in [-0.2, 0) is 19.5 Å². The number of nitrogens with one attached hydrogen (secondary N) is 1. The van der Waals surface area contributed by atoms with Crippen molar-refractivity contribution >= 4 is 17.6 Å². The molecule has 0 spiro atoms. The predicted molar refractivity (Wildman–Crippen MR) is 84.4 cm³/mol. The van der Waals surface area contributed by atoms with Crippen LogP contribution in [0.15, 0.2) is 12.3 Å². The van der Waals surface area contributed by atoms with Crippen LogP contribution in [0.25, 0.3) is 0 Å². The highest BCUT2D eigenvalue weighted by atomic mass is 15.2. The van der Waals surface area contributed by atoms with E-state index in [-0.39, 0.29) is 0 Å². The monoisotopic (exact) mass is 297 g/mol. The van der Waals surface area contributed by atoms with Crippen LogP contribution in [-0.4, -0.2) is 26.0 Å². The van der Waals surface area contributed by atoms with Crippen LogP contribution in [0.2, 0.25) is 0 Å². The lowest BCUT2D eigenvalue weighted by molar-refractivity contribution is 0.839. The minimum absolute atomic E-state index is 0.303. The van der Waals surface area contributed by atoms with Crippen LogP contribution < -0.4 is 16.0 Å². The van der Waals surface area contributed by atoms with Gasteiger partial charge in [0, 0.05) is 36.8 Å². The summed E-state index contributed by atoms with van der Waals surface area (Å²) in [7, 11) is 0. The third-order valence-electron chi connectivity index (χ3n) is 4.01. The number of nitrogens with zero attached hydrogens (tertiary/aromatic N) is 5. The van der Waals surface area contributed by atoms with Crippen LogP contribution >= 0.6 is 0 Å². The van der Waals surface area contributed by atoms with E-state index in [1.807, 2.05) is 12.3 Å². The van der Waals surface area contributed by atoms with E-state index in [1.165, 1.54) is 12.8 Å². The number of fused-ring (bicyclic) bond motifs is 1. The van der Waals surface area contributed by atoms with Crippen molar-refractivity contribution < 1.29 is 0 Å². The zero-order chi connectivity index (χ0) is 15.1. The number of rotatable bonds is 4. The SMILES string of the molecule is CCc1ncc2c(n1)CN(c1cc(NC3CC3)nc(N)n1)C2. The minimum Gasteiger partial charge on any atom is -0.368 e. The topological polar surface area (TPSA) is 92.9 Å². The summed E-state index contributed by atoms with van der Waals surface area (Å²) < 4.78 is 0. The maximum Gasteiger partial charge on any atom is 0.223 e. The molecule has 22 heavy (non-hydrogen) atoms. The molecule has 1 saturated carbocycles. The molecule has 0 bridgehead atoms. The first-order chi connectivity index (χ1) is 10.7. The molecule has 0 aromatic carbocycles. The Morgan fingerprint density at radius 3 is 2.91 bits per heavy atom. The molecule has 1 aliphatic heterocycles. The van der Waals surface area contributed by atoms with E-state index in [2.05, 4.69) is 37.1 Å². The maximum absolute atomic E-state index is 5.86. The lowest BCUT2D eigenvalue weighted by atomic mass is 10.3. The van der Waals surface area contributed by atoms with Crippen molar-refractivity contribution in [3.05, 3.63) is 29.3 Å². The standard InChI is InChI=1S/C15H19N7/c1-2-12-17-6-9-7-22(8-11(9)19-12)14-5-13(18-10-3-4-10)20-15(16)21-14/h5-6,10H,2-4,7-8H2,1H3,(H3,16,18,20,21). The molecule has 0 amide bonds. The van der Waals surface area contributed by atoms with Gasteiger partial charge < -0.3 is 16.0 Å². The molecule has 2 aromatic rings. The van der Waals surface area contributed by atoms with Gasteiger partial charge in [0.15, 0.2) is 0 Å². The van der Waals surface area contributed by atoms with Gasteiger partial charge in [-0.15, -0.1) is 0 Å². The van der Waals surface area contributed by atoms with Crippen molar-refractivity contribution in [2.75, 3.05) is 16.0 Å². The Hall–Kier alpha value is -2.44. The Morgan fingerprint density at radius 2 is 2.14 bits per heavy atom. The zero-order valence-electron chi connectivity index (χ0n) is 12.6. The molecular weight excluding hydrogens is 278 g/mol. The quantitative estimate of drug-likeness (QED) is 0.883. The van der Waals surface area contributed by atoms with Gasteiger partial charge in [-0.25, -0.2) is 9.97 Å². The van der Waals surface area contributed by atoms with Crippen LogP contribution in [0, 0.1) is 0 Å². The van der Waals surface area contributed by atoms with E-state index in [4.69, 9.17) is 5.73 Å². The molecule has 1 aliphatic carbocycles. The molecule has 1 fully saturated rings. The summed E-state index contributed by atoms with van der Waals surface area (Å²) in [6.07, 6.45) is 5.17. The van der Waals surface area contributed by atoms with Crippen molar-refractivity contribution in [3.63, 3.8) is 0 Å². The molecular formula is C15H19N7. The number of hydrogen-bond acceptors (Lipinski definition) is 7. The Kier molecular flexibility index (Phi) is 3.06. The van der Waals surface area contributed by atoms with Gasteiger partial charge in [0.1, 0.15) is 17.5 Å². The molecule has 7 nitrogen and oxygen atoms in total. The van der Waals surface area contributed by atoms with Gasteiger partial charge >= 0.3 is 0 Å². The van der Waals surface area contributed by atoms with E-state index < -0.39 is 0 Å². The summed E-state index contributed by atoms with van der Waals surface area (Å²) in [6.45, 7) is 3.57. The number of anilines is 3. The summed E-state index contributed by atoms with van der Waals surface area (Å²) in [5.41, 5.74) is 8.10. The molecule has 114 valence electrons.